The second-order valence-corrected chi connectivity index (χ2v) is 9.78. The zero-order chi connectivity index (χ0) is 26.9. The van der Waals surface area contributed by atoms with E-state index in [1.807, 2.05) is 41.5 Å². The van der Waals surface area contributed by atoms with Crippen LogP contribution in [0.4, 0.5) is 9.59 Å². The normalized spacial score (nSPS) is 12.7. The Morgan fingerprint density at radius 2 is 1.34 bits per heavy atom. The van der Waals surface area contributed by atoms with Gasteiger partial charge in [-0.1, -0.05) is 0 Å². The summed E-state index contributed by atoms with van der Waals surface area (Å²) in [4.78, 5) is 38.1. The molecule has 5 N–H and O–H groups in total. The van der Waals surface area contributed by atoms with Crippen LogP contribution >= 0.6 is 0 Å². The maximum atomic E-state index is 13.0. The Bertz CT molecular complexity index is 606. The lowest BCUT2D eigenvalue weighted by Gasteiger charge is -2.44. The van der Waals surface area contributed by atoms with E-state index in [1.54, 1.807) is 4.90 Å². The molecule has 0 aliphatic heterocycles. The third kappa shape index (κ3) is 16.2. The van der Waals surface area contributed by atoms with Gasteiger partial charge in [0.15, 0.2) is 6.10 Å². The number of rotatable bonds is 17. The first-order valence-electron chi connectivity index (χ1n) is 11.9. The second kappa shape index (κ2) is 17.3. The van der Waals surface area contributed by atoms with E-state index >= 15 is 0 Å². The summed E-state index contributed by atoms with van der Waals surface area (Å²) in [5, 5.41) is 2.71. The van der Waals surface area contributed by atoms with E-state index in [4.69, 9.17) is 35.2 Å². The number of amides is 3. The highest BCUT2D eigenvalue weighted by atomic mass is 16.6. The van der Waals surface area contributed by atoms with Crippen molar-refractivity contribution < 1.29 is 38.1 Å². The Labute approximate surface area is 209 Å². The summed E-state index contributed by atoms with van der Waals surface area (Å²) in [5.41, 5.74) is 9.24. The highest BCUT2D eigenvalue weighted by Crippen LogP contribution is 2.26. The van der Waals surface area contributed by atoms with Crippen LogP contribution in [0.2, 0.25) is 0 Å². The molecule has 206 valence electrons. The maximum absolute atomic E-state index is 13.0. The fourth-order valence-electron chi connectivity index (χ4n) is 3.40. The Balaban J connectivity index is 4.68. The highest BCUT2D eigenvalue weighted by Gasteiger charge is 2.38. The van der Waals surface area contributed by atoms with Gasteiger partial charge in [0.2, 0.25) is 0 Å². The van der Waals surface area contributed by atoms with E-state index in [2.05, 4.69) is 5.32 Å². The van der Waals surface area contributed by atoms with Crippen molar-refractivity contribution in [3.05, 3.63) is 0 Å². The van der Waals surface area contributed by atoms with Crippen molar-refractivity contribution >= 4 is 18.1 Å². The Morgan fingerprint density at radius 1 is 0.829 bits per heavy atom. The van der Waals surface area contributed by atoms with E-state index in [-0.39, 0.29) is 26.2 Å². The first-order valence-corrected chi connectivity index (χ1v) is 11.9. The molecule has 3 amide bonds. The van der Waals surface area contributed by atoms with Crippen molar-refractivity contribution in [3.63, 3.8) is 0 Å². The predicted octanol–water partition coefficient (Wildman–Crippen LogP) is 1.39. The summed E-state index contributed by atoms with van der Waals surface area (Å²) in [6.07, 6.45) is -2.12. The first kappa shape index (κ1) is 32.8. The van der Waals surface area contributed by atoms with Crippen LogP contribution < -0.4 is 16.8 Å². The molecule has 0 aromatic heterocycles. The van der Waals surface area contributed by atoms with Crippen molar-refractivity contribution in [1.29, 1.82) is 0 Å². The molecule has 0 aromatic carbocycles. The Hall–Kier alpha value is -2.15. The topological polar surface area (TPSA) is 165 Å². The minimum atomic E-state index is -1.07. The average Bonchev–Trinajstić information content (AvgIpc) is 2.71. The molecular weight excluding hydrogens is 460 g/mol. The highest BCUT2D eigenvalue weighted by molar-refractivity contribution is 5.83. The van der Waals surface area contributed by atoms with Gasteiger partial charge in [-0.3, -0.25) is 9.69 Å². The van der Waals surface area contributed by atoms with Crippen LogP contribution in [0.5, 0.6) is 0 Å². The van der Waals surface area contributed by atoms with Crippen molar-refractivity contribution in [1.82, 2.24) is 10.2 Å². The van der Waals surface area contributed by atoms with Crippen LogP contribution in [0.25, 0.3) is 0 Å². The van der Waals surface area contributed by atoms with Gasteiger partial charge in [-0.15, -0.1) is 0 Å². The van der Waals surface area contributed by atoms with Crippen LogP contribution in [0.3, 0.4) is 0 Å². The largest absolute Gasteiger partial charge is 0.450 e. The minimum Gasteiger partial charge on any atom is -0.450 e. The number of hydrogen-bond acceptors (Lipinski definition) is 9. The molecule has 12 heteroatoms. The van der Waals surface area contributed by atoms with Gasteiger partial charge < -0.3 is 40.5 Å². The predicted molar refractivity (Wildman–Crippen MR) is 131 cm³/mol. The Kier molecular flexibility index (Phi) is 16.2. The number of hydrogen-bond donors (Lipinski definition) is 3. The van der Waals surface area contributed by atoms with E-state index in [1.165, 1.54) is 0 Å². The van der Waals surface area contributed by atoms with Crippen molar-refractivity contribution in [3.8, 4) is 0 Å². The fraction of sp³-hybridized carbons (Fsp3) is 0.870. The molecule has 0 aromatic rings. The van der Waals surface area contributed by atoms with Crippen LogP contribution in [0, 0.1) is 0 Å². The molecule has 0 aliphatic rings. The zero-order valence-corrected chi connectivity index (χ0v) is 22.2. The van der Waals surface area contributed by atoms with Gasteiger partial charge in [0.05, 0.1) is 46.2 Å². The third-order valence-electron chi connectivity index (χ3n) is 4.47. The minimum absolute atomic E-state index is 0.0132. The number of nitrogens with two attached hydrogens (primary N) is 2. The summed E-state index contributed by atoms with van der Waals surface area (Å²) in [5.74, 6) is -0.461. The standard InChI is InChI=1S/C23H46N4O8/c1-22(2,3)27(23(4,5)6)21(30)35-18(8-7-11-34-20(25)29)19(28)26-10-13-32-15-17-33-16-14-31-12-9-24/h18H,7-17,24H2,1-6H3,(H2,25,29)(H,26,28)/t18-/m0/s1. The van der Waals surface area contributed by atoms with Gasteiger partial charge in [0, 0.05) is 24.2 Å². The van der Waals surface area contributed by atoms with Gasteiger partial charge in [0.1, 0.15) is 0 Å². The van der Waals surface area contributed by atoms with Gasteiger partial charge in [0.25, 0.3) is 5.91 Å². The summed E-state index contributed by atoms with van der Waals surface area (Å²) in [6, 6.07) is 0. The molecule has 0 aliphatic carbocycles. The number of primary amides is 1. The van der Waals surface area contributed by atoms with E-state index in [0.29, 0.717) is 46.0 Å². The molecule has 0 heterocycles. The number of ether oxygens (including phenoxy) is 5. The van der Waals surface area contributed by atoms with Gasteiger partial charge in [-0.05, 0) is 54.4 Å². The summed E-state index contributed by atoms with van der Waals surface area (Å²) >= 11 is 0. The maximum Gasteiger partial charge on any atom is 0.411 e. The molecule has 0 rings (SSSR count). The van der Waals surface area contributed by atoms with Gasteiger partial charge in [-0.25, -0.2) is 9.59 Å². The van der Waals surface area contributed by atoms with Crippen LogP contribution in [0.15, 0.2) is 0 Å². The molecule has 0 radical (unpaired) electrons. The molecule has 12 nitrogen and oxygen atoms in total. The van der Waals surface area contributed by atoms with Crippen LogP contribution in [-0.4, -0.2) is 99.5 Å². The smallest absolute Gasteiger partial charge is 0.411 e. The SMILES string of the molecule is CC(C)(C)N(C(=O)O[C@@H](CCCOC(N)=O)C(=O)NCCOCCOCCOCCN)C(C)(C)C. The molecule has 35 heavy (non-hydrogen) atoms. The fourth-order valence-corrected chi connectivity index (χ4v) is 3.40. The molecule has 0 fully saturated rings. The monoisotopic (exact) mass is 506 g/mol. The van der Waals surface area contributed by atoms with Gasteiger partial charge >= 0.3 is 12.2 Å². The van der Waals surface area contributed by atoms with Crippen molar-refractivity contribution in [2.24, 2.45) is 11.5 Å². The number of carbonyl (C=O) groups is 3. The average molecular weight is 507 g/mol. The lowest BCUT2D eigenvalue weighted by atomic mass is 9.97. The molecule has 0 spiro atoms. The zero-order valence-electron chi connectivity index (χ0n) is 22.2. The van der Waals surface area contributed by atoms with E-state index < -0.39 is 35.3 Å². The van der Waals surface area contributed by atoms with Crippen LogP contribution in [-0.2, 0) is 28.5 Å². The Morgan fingerprint density at radius 3 is 1.83 bits per heavy atom. The lowest BCUT2D eigenvalue weighted by Crippen LogP contribution is -2.57. The number of nitrogens with zero attached hydrogens (tertiary/aromatic N) is 1. The second-order valence-electron chi connectivity index (χ2n) is 9.78. The van der Waals surface area contributed by atoms with E-state index in [9.17, 15) is 14.4 Å². The molecule has 0 bridgehead atoms. The van der Waals surface area contributed by atoms with E-state index in [0.717, 1.165) is 0 Å². The summed E-state index contributed by atoms with van der Waals surface area (Å²) in [7, 11) is 0. The summed E-state index contributed by atoms with van der Waals surface area (Å²) < 4.78 is 26.3. The van der Waals surface area contributed by atoms with Crippen LogP contribution in [0.1, 0.15) is 54.4 Å². The first-order chi connectivity index (χ1) is 16.3. The van der Waals surface area contributed by atoms with Crippen molar-refractivity contribution in [2.45, 2.75) is 71.6 Å². The summed E-state index contributed by atoms with van der Waals surface area (Å²) in [6.45, 7) is 14.5. The number of nitrogens with one attached hydrogen (secondary N) is 1. The number of carbonyl (C=O) groups excluding carboxylic acids is 3. The molecule has 1 atom stereocenters. The van der Waals surface area contributed by atoms with Crippen molar-refractivity contribution in [2.75, 3.05) is 59.3 Å². The third-order valence-corrected chi connectivity index (χ3v) is 4.47. The van der Waals surface area contributed by atoms with Gasteiger partial charge in [-0.2, -0.15) is 0 Å². The molecular formula is C23H46N4O8. The quantitative estimate of drug-likeness (QED) is 0.247. The molecule has 0 saturated carbocycles. The molecule has 0 saturated heterocycles. The molecule has 0 unspecified atom stereocenters. The lowest BCUT2D eigenvalue weighted by molar-refractivity contribution is -0.131.